The lowest BCUT2D eigenvalue weighted by Gasteiger charge is -2.09. The summed E-state index contributed by atoms with van der Waals surface area (Å²) in [7, 11) is 1.49. The molecule has 1 N–H and O–H groups in total. The number of halogens is 3. The SMILES string of the molecule is COc1cc(NCc2ccc(C(F)(F)F)cc2)ncn1. The second kappa shape index (κ2) is 5.77. The Kier molecular flexibility index (Phi) is 4.07. The molecular formula is C13H12F3N3O. The number of methoxy groups -OCH3 is 1. The van der Waals surface area contributed by atoms with Gasteiger partial charge < -0.3 is 10.1 Å². The fourth-order valence-electron chi connectivity index (χ4n) is 1.55. The first-order chi connectivity index (χ1) is 9.49. The minimum Gasteiger partial charge on any atom is -0.481 e. The van der Waals surface area contributed by atoms with Crippen LogP contribution in [0, 0.1) is 0 Å². The van der Waals surface area contributed by atoms with Gasteiger partial charge in [-0.15, -0.1) is 0 Å². The number of alkyl halides is 3. The fourth-order valence-corrected chi connectivity index (χ4v) is 1.55. The smallest absolute Gasteiger partial charge is 0.416 e. The average Bonchev–Trinajstić information content (AvgIpc) is 2.45. The van der Waals surface area contributed by atoms with Crippen LogP contribution in [0.4, 0.5) is 19.0 Å². The van der Waals surface area contributed by atoms with E-state index in [0.29, 0.717) is 18.2 Å². The first-order valence-corrected chi connectivity index (χ1v) is 5.75. The van der Waals surface area contributed by atoms with Gasteiger partial charge in [0.05, 0.1) is 12.7 Å². The number of rotatable bonds is 4. The molecule has 2 rings (SSSR count). The highest BCUT2D eigenvalue weighted by molar-refractivity contribution is 5.38. The summed E-state index contributed by atoms with van der Waals surface area (Å²) >= 11 is 0. The van der Waals surface area contributed by atoms with Crippen molar-refractivity contribution in [1.82, 2.24) is 9.97 Å². The third kappa shape index (κ3) is 3.59. The highest BCUT2D eigenvalue weighted by atomic mass is 19.4. The molecule has 0 radical (unpaired) electrons. The van der Waals surface area contributed by atoms with Crippen LogP contribution in [0.3, 0.4) is 0 Å². The molecule has 106 valence electrons. The highest BCUT2D eigenvalue weighted by Gasteiger charge is 2.29. The number of nitrogens with zero attached hydrogens (tertiary/aromatic N) is 2. The lowest BCUT2D eigenvalue weighted by atomic mass is 10.1. The van der Waals surface area contributed by atoms with Crippen molar-refractivity contribution in [3.8, 4) is 5.88 Å². The number of hydrogen-bond acceptors (Lipinski definition) is 4. The van der Waals surface area contributed by atoms with Crippen molar-refractivity contribution in [2.75, 3.05) is 12.4 Å². The summed E-state index contributed by atoms with van der Waals surface area (Å²) in [5.74, 6) is 0.951. The van der Waals surface area contributed by atoms with Crippen LogP contribution in [-0.2, 0) is 12.7 Å². The standard InChI is InChI=1S/C13H12F3N3O/c1-20-12-6-11(18-8-19-12)17-7-9-2-4-10(5-3-9)13(14,15)16/h2-6,8H,7H2,1H3,(H,17,18,19). The Balaban J connectivity index is 2.00. The maximum absolute atomic E-state index is 12.4. The summed E-state index contributed by atoms with van der Waals surface area (Å²) in [5.41, 5.74) is 0.0561. The molecule has 0 bridgehead atoms. The van der Waals surface area contributed by atoms with Gasteiger partial charge in [-0.3, -0.25) is 0 Å². The Morgan fingerprint density at radius 3 is 2.45 bits per heavy atom. The van der Waals surface area contributed by atoms with E-state index in [4.69, 9.17) is 4.74 Å². The number of ether oxygens (including phenoxy) is 1. The van der Waals surface area contributed by atoms with Gasteiger partial charge in [0.25, 0.3) is 0 Å². The highest BCUT2D eigenvalue weighted by Crippen LogP contribution is 2.29. The van der Waals surface area contributed by atoms with Gasteiger partial charge in [0.2, 0.25) is 5.88 Å². The molecule has 1 heterocycles. The monoisotopic (exact) mass is 283 g/mol. The Morgan fingerprint density at radius 1 is 1.15 bits per heavy atom. The zero-order chi connectivity index (χ0) is 14.6. The van der Waals surface area contributed by atoms with E-state index < -0.39 is 11.7 Å². The molecule has 0 unspecified atom stereocenters. The van der Waals surface area contributed by atoms with E-state index in [1.807, 2.05) is 0 Å². The second-order valence-electron chi connectivity index (χ2n) is 3.99. The molecule has 1 aromatic heterocycles. The first-order valence-electron chi connectivity index (χ1n) is 5.75. The molecule has 20 heavy (non-hydrogen) atoms. The lowest BCUT2D eigenvalue weighted by Crippen LogP contribution is -2.06. The molecule has 2 aromatic rings. The van der Waals surface area contributed by atoms with Gasteiger partial charge in [0, 0.05) is 12.6 Å². The molecule has 0 amide bonds. The normalized spacial score (nSPS) is 11.2. The van der Waals surface area contributed by atoms with E-state index in [1.54, 1.807) is 6.07 Å². The molecule has 0 atom stereocenters. The van der Waals surface area contributed by atoms with Crippen molar-refractivity contribution in [3.63, 3.8) is 0 Å². The minimum atomic E-state index is -4.31. The van der Waals surface area contributed by atoms with E-state index in [9.17, 15) is 13.2 Å². The van der Waals surface area contributed by atoms with E-state index >= 15 is 0 Å². The maximum atomic E-state index is 12.4. The van der Waals surface area contributed by atoms with Crippen molar-refractivity contribution in [2.45, 2.75) is 12.7 Å². The van der Waals surface area contributed by atoms with Gasteiger partial charge in [-0.2, -0.15) is 13.2 Å². The van der Waals surface area contributed by atoms with Crippen molar-refractivity contribution >= 4 is 5.82 Å². The van der Waals surface area contributed by atoms with E-state index in [2.05, 4.69) is 15.3 Å². The predicted molar refractivity (Wildman–Crippen MR) is 67.4 cm³/mol. The topological polar surface area (TPSA) is 47.0 Å². The van der Waals surface area contributed by atoms with Crippen LogP contribution in [0.1, 0.15) is 11.1 Å². The molecule has 4 nitrogen and oxygen atoms in total. The zero-order valence-corrected chi connectivity index (χ0v) is 10.6. The predicted octanol–water partition coefficient (Wildman–Crippen LogP) is 3.12. The van der Waals surface area contributed by atoms with Crippen LogP contribution in [0.5, 0.6) is 5.88 Å². The zero-order valence-electron chi connectivity index (χ0n) is 10.6. The van der Waals surface area contributed by atoms with Gasteiger partial charge >= 0.3 is 6.18 Å². The fraction of sp³-hybridized carbons (Fsp3) is 0.231. The number of anilines is 1. The van der Waals surface area contributed by atoms with Gasteiger partial charge in [0.15, 0.2) is 0 Å². The average molecular weight is 283 g/mol. The Hall–Kier alpha value is -2.31. The Morgan fingerprint density at radius 2 is 1.85 bits per heavy atom. The summed E-state index contributed by atoms with van der Waals surface area (Å²) in [6.45, 7) is 0.359. The third-order valence-corrected chi connectivity index (χ3v) is 2.61. The summed E-state index contributed by atoms with van der Waals surface area (Å²) in [4.78, 5) is 7.83. The number of nitrogens with one attached hydrogen (secondary N) is 1. The Bertz CT molecular complexity index is 570. The van der Waals surface area contributed by atoms with Crippen molar-refractivity contribution in [1.29, 1.82) is 0 Å². The second-order valence-corrected chi connectivity index (χ2v) is 3.99. The van der Waals surface area contributed by atoms with Crippen LogP contribution in [0.15, 0.2) is 36.7 Å². The molecular weight excluding hydrogens is 271 g/mol. The van der Waals surface area contributed by atoms with Gasteiger partial charge in [-0.25, -0.2) is 9.97 Å². The van der Waals surface area contributed by atoms with Gasteiger partial charge in [-0.05, 0) is 17.7 Å². The summed E-state index contributed by atoms with van der Waals surface area (Å²) in [6, 6.07) is 6.56. The largest absolute Gasteiger partial charge is 0.481 e. The van der Waals surface area contributed by atoms with Crippen LogP contribution < -0.4 is 10.1 Å². The first kappa shape index (κ1) is 14.1. The maximum Gasteiger partial charge on any atom is 0.416 e. The third-order valence-electron chi connectivity index (χ3n) is 2.61. The molecule has 0 aliphatic rings. The van der Waals surface area contributed by atoms with E-state index in [-0.39, 0.29) is 0 Å². The minimum absolute atomic E-state index is 0.359. The van der Waals surface area contributed by atoms with Crippen molar-refractivity contribution in [2.24, 2.45) is 0 Å². The van der Waals surface area contributed by atoms with Crippen LogP contribution >= 0.6 is 0 Å². The van der Waals surface area contributed by atoms with E-state index in [0.717, 1.165) is 17.7 Å². The molecule has 0 saturated heterocycles. The summed E-state index contributed by atoms with van der Waals surface area (Å²) < 4.78 is 42.2. The molecule has 0 aliphatic heterocycles. The van der Waals surface area contributed by atoms with E-state index in [1.165, 1.54) is 25.6 Å². The molecule has 0 fully saturated rings. The number of benzene rings is 1. The number of hydrogen-bond donors (Lipinski definition) is 1. The van der Waals surface area contributed by atoms with Crippen LogP contribution in [-0.4, -0.2) is 17.1 Å². The number of aromatic nitrogens is 2. The quantitative estimate of drug-likeness (QED) is 0.936. The van der Waals surface area contributed by atoms with Gasteiger partial charge in [0.1, 0.15) is 12.1 Å². The van der Waals surface area contributed by atoms with Crippen molar-refractivity contribution < 1.29 is 17.9 Å². The van der Waals surface area contributed by atoms with Crippen molar-refractivity contribution in [3.05, 3.63) is 47.8 Å². The molecule has 7 heteroatoms. The molecule has 1 aromatic carbocycles. The van der Waals surface area contributed by atoms with Crippen LogP contribution in [0.25, 0.3) is 0 Å². The summed E-state index contributed by atoms with van der Waals surface area (Å²) in [6.07, 6.45) is -2.97. The Labute approximate surface area is 113 Å². The van der Waals surface area contributed by atoms with Gasteiger partial charge in [-0.1, -0.05) is 12.1 Å². The molecule has 0 aliphatic carbocycles. The van der Waals surface area contributed by atoms with Crippen LogP contribution in [0.2, 0.25) is 0 Å². The summed E-state index contributed by atoms with van der Waals surface area (Å²) in [5, 5.41) is 2.98. The molecule has 0 saturated carbocycles. The molecule has 0 spiro atoms. The lowest BCUT2D eigenvalue weighted by molar-refractivity contribution is -0.137.